The second-order valence-corrected chi connectivity index (χ2v) is 5.85. The lowest BCUT2D eigenvalue weighted by molar-refractivity contribution is 0.308. The lowest BCUT2D eigenvalue weighted by Crippen LogP contribution is -2.19. The van der Waals surface area contributed by atoms with Crippen molar-refractivity contribution in [3.8, 4) is 18.1 Å². The minimum atomic E-state index is 0.646. The van der Waals surface area contributed by atoms with Crippen molar-refractivity contribution in [2.45, 2.75) is 33.2 Å². The van der Waals surface area contributed by atoms with Crippen LogP contribution in [0.15, 0.2) is 22.7 Å². The zero-order valence-electron chi connectivity index (χ0n) is 11.7. The molecule has 1 rings (SSSR count). The molecular weight excluding hydrogens is 302 g/mol. The molecule has 0 aliphatic heterocycles. The molecule has 0 fully saturated rings. The van der Waals surface area contributed by atoms with E-state index in [9.17, 15) is 0 Å². The first kappa shape index (κ1) is 16.1. The van der Waals surface area contributed by atoms with E-state index < -0.39 is 0 Å². The first-order valence-corrected chi connectivity index (χ1v) is 7.48. The Bertz CT molecular complexity index is 423. The third-order valence-corrected chi connectivity index (χ3v) is 3.11. The number of halogens is 1. The maximum Gasteiger partial charge on any atom is 0.123 e. The van der Waals surface area contributed by atoms with Crippen molar-refractivity contribution in [1.82, 2.24) is 5.32 Å². The van der Waals surface area contributed by atoms with Crippen LogP contribution in [-0.4, -0.2) is 13.2 Å². The highest BCUT2D eigenvalue weighted by molar-refractivity contribution is 9.10. The number of terminal acetylenes is 1. The van der Waals surface area contributed by atoms with Crippen molar-refractivity contribution in [3.05, 3.63) is 28.2 Å². The monoisotopic (exact) mass is 323 g/mol. The predicted octanol–water partition coefficient (Wildman–Crippen LogP) is 3.99. The standard InChI is InChI=1S/C16H22BrNO/c1-4-5-6-9-19-16-8-7-15(17)10-14(16)12-18-11-13(2)3/h1,7-8,10,13,18H,5-6,9,11-12H2,2-3H3. The van der Waals surface area contributed by atoms with Gasteiger partial charge in [-0.05, 0) is 37.1 Å². The first-order chi connectivity index (χ1) is 9.13. The van der Waals surface area contributed by atoms with E-state index in [-0.39, 0.29) is 0 Å². The SMILES string of the molecule is C#CCCCOc1ccc(Br)cc1CNCC(C)C. The van der Waals surface area contributed by atoms with Crippen LogP contribution in [0.5, 0.6) is 5.75 Å². The van der Waals surface area contributed by atoms with Gasteiger partial charge in [0.2, 0.25) is 0 Å². The van der Waals surface area contributed by atoms with E-state index in [0.29, 0.717) is 12.5 Å². The van der Waals surface area contributed by atoms with E-state index in [4.69, 9.17) is 11.2 Å². The number of hydrogen-bond acceptors (Lipinski definition) is 2. The van der Waals surface area contributed by atoms with Crippen LogP contribution in [0.3, 0.4) is 0 Å². The van der Waals surface area contributed by atoms with Gasteiger partial charge in [0.15, 0.2) is 0 Å². The Kier molecular flexibility index (Phi) is 7.62. The molecular formula is C16H22BrNO. The Morgan fingerprint density at radius 2 is 2.21 bits per heavy atom. The molecule has 1 N–H and O–H groups in total. The van der Waals surface area contributed by atoms with Gasteiger partial charge in [-0.3, -0.25) is 0 Å². The summed E-state index contributed by atoms with van der Waals surface area (Å²) < 4.78 is 6.87. The van der Waals surface area contributed by atoms with Crippen molar-refractivity contribution in [2.75, 3.05) is 13.2 Å². The second kappa shape index (κ2) is 9.01. The Hall–Kier alpha value is -0.980. The van der Waals surface area contributed by atoms with Crippen LogP contribution in [0.1, 0.15) is 32.3 Å². The zero-order chi connectivity index (χ0) is 14.1. The van der Waals surface area contributed by atoms with E-state index in [2.05, 4.69) is 47.1 Å². The smallest absolute Gasteiger partial charge is 0.123 e. The van der Waals surface area contributed by atoms with Crippen LogP contribution in [0.4, 0.5) is 0 Å². The van der Waals surface area contributed by atoms with Crippen molar-refractivity contribution in [1.29, 1.82) is 0 Å². The summed E-state index contributed by atoms with van der Waals surface area (Å²) in [6.07, 6.45) is 6.89. The lowest BCUT2D eigenvalue weighted by atomic mass is 10.2. The molecule has 0 atom stereocenters. The molecule has 104 valence electrons. The maximum atomic E-state index is 5.80. The molecule has 0 radical (unpaired) electrons. The quantitative estimate of drug-likeness (QED) is 0.577. The molecule has 0 saturated heterocycles. The van der Waals surface area contributed by atoms with E-state index >= 15 is 0 Å². The molecule has 1 aromatic rings. The summed E-state index contributed by atoms with van der Waals surface area (Å²) in [6, 6.07) is 6.11. The van der Waals surface area contributed by atoms with Gasteiger partial charge in [-0.2, -0.15) is 0 Å². The minimum absolute atomic E-state index is 0.646. The lowest BCUT2D eigenvalue weighted by Gasteiger charge is -2.13. The summed E-state index contributed by atoms with van der Waals surface area (Å²) in [7, 11) is 0. The van der Waals surface area contributed by atoms with E-state index in [1.165, 1.54) is 5.56 Å². The molecule has 0 bridgehead atoms. The Morgan fingerprint density at radius 1 is 1.42 bits per heavy atom. The molecule has 0 aliphatic carbocycles. The molecule has 0 aliphatic rings. The molecule has 0 aromatic heterocycles. The van der Waals surface area contributed by atoms with Crippen LogP contribution in [0.25, 0.3) is 0 Å². The van der Waals surface area contributed by atoms with Gasteiger partial charge in [0.05, 0.1) is 6.61 Å². The van der Waals surface area contributed by atoms with Gasteiger partial charge in [0.25, 0.3) is 0 Å². The molecule has 2 nitrogen and oxygen atoms in total. The number of ether oxygens (including phenoxy) is 1. The van der Waals surface area contributed by atoms with E-state index in [1.54, 1.807) is 0 Å². The van der Waals surface area contributed by atoms with Crippen LogP contribution in [0, 0.1) is 18.3 Å². The first-order valence-electron chi connectivity index (χ1n) is 6.69. The number of rotatable bonds is 8. The zero-order valence-corrected chi connectivity index (χ0v) is 13.3. The minimum Gasteiger partial charge on any atom is -0.493 e. The number of unbranched alkanes of at least 4 members (excludes halogenated alkanes) is 1. The number of hydrogen-bond donors (Lipinski definition) is 1. The van der Waals surface area contributed by atoms with Crippen molar-refractivity contribution in [2.24, 2.45) is 5.92 Å². The average Bonchev–Trinajstić information content (AvgIpc) is 2.36. The van der Waals surface area contributed by atoms with Gasteiger partial charge in [-0.1, -0.05) is 29.8 Å². The summed E-state index contributed by atoms with van der Waals surface area (Å²) >= 11 is 3.50. The average molecular weight is 324 g/mol. The highest BCUT2D eigenvalue weighted by Crippen LogP contribution is 2.23. The van der Waals surface area contributed by atoms with Gasteiger partial charge < -0.3 is 10.1 Å². The summed E-state index contributed by atoms with van der Waals surface area (Å²) in [6.45, 7) is 6.89. The largest absolute Gasteiger partial charge is 0.493 e. The summed E-state index contributed by atoms with van der Waals surface area (Å²) in [5.41, 5.74) is 1.18. The Labute approximate surface area is 125 Å². The molecule has 0 heterocycles. The highest BCUT2D eigenvalue weighted by atomic mass is 79.9. The van der Waals surface area contributed by atoms with Gasteiger partial charge in [-0.25, -0.2) is 0 Å². The summed E-state index contributed by atoms with van der Waals surface area (Å²) in [5, 5.41) is 3.44. The third kappa shape index (κ3) is 6.66. The topological polar surface area (TPSA) is 21.3 Å². The molecule has 0 unspecified atom stereocenters. The third-order valence-electron chi connectivity index (χ3n) is 2.61. The highest BCUT2D eigenvalue weighted by Gasteiger charge is 2.05. The predicted molar refractivity (Wildman–Crippen MR) is 84.2 cm³/mol. The number of benzene rings is 1. The van der Waals surface area contributed by atoms with Crippen molar-refractivity contribution in [3.63, 3.8) is 0 Å². The molecule has 3 heteroatoms. The summed E-state index contributed by atoms with van der Waals surface area (Å²) in [4.78, 5) is 0. The van der Waals surface area contributed by atoms with E-state index in [1.807, 2.05) is 12.1 Å². The fourth-order valence-electron chi connectivity index (χ4n) is 1.68. The van der Waals surface area contributed by atoms with Crippen LogP contribution < -0.4 is 10.1 Å². The molecule has 1 aromatic carbocycles. The van der Waals surface area contributed by atoms with Gasteiger partial charge in [0, 0.05) is 23.0 Å². The normalized spacial score (nSPS) is 10.5. The fourth-order valence-corrected chi connectivity index (χ4v) is 2.09. The second-order valence-electron chi connectivity index (χ2n) is 4.93. The Balaban J connectivity index is 2.56. The fraction of sp³-hybridized carbons (Fsp3) is 0.500. The number of nitrogens with one attached hydrogen (secondary N) is 1. The molecule has 0 saturated carbocycles. The van der Waals surface area contributed by atoms with Crippen LogP contribution >= 0.6 is 15.9 Å². The maximum absolute atomic E-state index is 5.80. The van der Waals surface area contributed by atoms with Gasteiger partial charge in [-0.15, -0.1) is 12.3 Å². The van der Waals surface area contributed by atoms with Crippen molar-refractivity contribution < 1.29 is 4.74 Å². The molecule has 0 spiro atoms. The van der Waals surface area contributed by atoms with Crippen molar-refractivity contribution >= 4 is 15.9 Å². The van der Waals surface area contributed by atoms with Gasteiger partial charge >= 0.3 is 0 Å². The van der Waals surface area contributed by atoms with Gasteiger partial charge in [0.1, 0.15) is 5.75 Å². The summed E-state index contributed by atoms with van der Waals surface area (Å²) in [5.74, 6) is 4.21. The van der Waals surface area contributed by atoms with E-state index in [0.717, 1.165) is 36.2 Å². The molecule has 0 amide bonds. The molecule has 19 heavy (non-hydrogen) atoms. The van der Waals surface area contributed by atoms with Crippen LogP contribution in [0.2, 0.25) is 0 Å². The Morgan fingerprint density at radius 3 is 2.89 bits per heavy atom. The van der Waals surface area contributed by atoms with Crippen LogP contribution in [-0.2, 0) is 6.54 Å².